The van der Waals surface area contributed by atoms with Gasteiger partial charge >= 0.3 is 5.97 Å². The summed E-state index contributed by atoms with van der Waals surface area (Å²) in [5.74, 6) is -1.20. The van der Waals surface area contributed by atoms with Crippen LogP contribution in [0.1, 0.15) is 43.5 Å². The molecule has 0 radical (unpaired) electrons. The Morgan fingerprint density at radius 3 is 2.32 bits per heavy atom. The summed E-state index contributed by atoms with van der Waals surface area (Å²) in [6, 6.07) is 9.04. The summed E-state index contributed by atoms with van der Waals surface area (Å²) >= 11 is 0. The van der Waals surface area contributed by atoms with Gasteiger partial charge in [-0.1, -0.05) is 6.07 Å². The molecular weight excluding hydrogens is 476 g/mol. The maximum absolute atomic E-state index is 13.3. The number of benzene rings is 2. The number of aryl methyl sites for hydroxylation is 1. The van der Waals surface area contributed by atoms with Crippen LogP contribution >= 0.6 is 0 Å². The van der Waals surface area contributed by atoms with E-state index < -0.39 is 23.7 Å². The highest BCUT2D eigenvalue weighted by atomic mass is 16.6. The summed E-state index contributed by atoms with van der Waals surface area (Å²) in [7, 11) is 5.17. The molecule has 1 atom stereocenters. The molecule has 1 N–H and O–H groups in total. The van der Waals surface area contributed by atoms with E-state index in [9.17, 15) is 19.5 Å². The van der Waals surface area contributed by atoms with Crippen molar-refractivity contribution in [3.8, 4) is 17.2 Å². The van der Waals surface area contributed by atoms with Gasteiger partial charge in [0, 0.05) is 25.6 Å². The van der Waals surface area contributed by atoms with E-state index in [4.69, 9.17) is 14.2 Å². The minimum Gasteiger partial charge on any atom is -0.507 e. The Kier molecular flexibility index (Phi) is 8.60. The number of carbonyl (C=O) groups excluding carboxylic acids is 3. The molecular formula is C28H34N2O7. The number of carbonyl (C=O) groups is 3. The fourth-order valence-corrected chi connectivity index (χ4v) is 4.20. The molecule has 0 spiro atoms. The van der Waals surface area contributed by atoms with E-state index in [-0.39, 0.29) is 29.7 Å². The molecule has 1 aliphatic rings. The number of ketones is 1. The molecule has 0 aliphatic carbocycles. The lowest BCUT2D eigenvalue weighted by Crippen LogP contribution is -2.35. The number of esters is 1. The number of likely N-dealkylation sites (tertiary alicyclic amines) is 1. The molecule has 1 fully saturated rings. The van der Waals surface area contributed by atoms with Crippen LogP contribution in [0.4, 0.5) is 0 Å². The van der Waals surface area contributed by atoms with E-state index in [2.05, 4.69) is 0 Å². The topological polar surface area (TPSA) is 106 Å². The van der Waals surface area contributed by atoms with Crippen molar-refractivity contribution in [3.63, 3.8) is 0 Å². The minimum absolute atomic E-state index is 0.0262. The Morgan fingerprint density at radius 2 is 1.76 bits per heavy atom. The molecule has 1 unspecified atom stereocenters. The molecule has 1 amide bonds. The van der Waals surface area contributed by atoms with Crippen molar-refractivity contribution in [2.45, 2.75) is 39.8 Å². The second-order valence-electron chi connectivity index (χ2n) is 9.45. The lowest BCUT2D eigenvalue weighted by atomic mass is 9.94. The highest BCUT2D eigenvalue weighted by Crippen LogP contribution is 2.42. The highest BCUT2D eigenvalue weighted by molar-refractivity contribution is 6.46. The fourth-order valence-electron chi connectivity index (χ4n) is 4.20. The van der Waals surface area contributed by atoms with Crippen LogP contribution in [0.3, 0.4) is 0 Å². The van der Waals surface area contributed by atoms with Gasteiger partial charge in [0.25, 0.3) is 11.7 Å². The van der Waals surface area contributed by atoms with Gasteiger partial charge in [0.2, 0.25) is 0 Å². The van der Waals surface area contributed by atoms with Crippen molar-refractivity contribution >= 4 is 23.4 Å². The van der Waals surface area contributed by atoms with E-state index >= 15 is 0 Å². The summed E-state index contributed by atoms with van der Waals surface area (Å²) in [6.07, 6.45) is -0.0262. The molecule has 2 aromatic rings. The van der Waals surface area contributed by atoms with Crippen molar-refractivity contribution in [2.24, 2.45) is 0 Å². The number of aliphatic hydroxyl groups excluding tert-OH is 1. The van der Waals surface area contributed by atoms with Gasteiger partial charge < -0.3 is 29.1 Å². The van der Waals surface area contributed by atoms with E-state index in [1.807, 2.05) is 39.8 Å². The van der Waals surface area contributed by atoms with Crippen molar-refractivity contribution in [1.82, 2.24) is 9.80 Å². The molecule has 37 heavy (non-hydrogen) atoms. The van der Waals surface area contributed by atoms with E-state index in [1.165, 1.54) is 18.9 Å². The van der Waals surface area contributed by atoms with Gasteiger partial charge in [-0.15, -0.1) is 0 Å². The zero-order chi connectivity index (χ0) is 27.4. The van der Waals surface area contributed by atoms with Crippen LogP contribution in [0, 0.1) is 6.92 Å². The van der Waals surface area contributed by atoms with Crippen LogP contribution in [0.2, 0.25) is 0 Å². The summed E-state index contributed by atoms with van der Waals surface area (Å²) in [5.41, 5.74) is 1.61. The van der Waals surface area contributed by atoms with Crippen molar-refractivity contribution in [1.29, 1.82) is 0 Å². The summed E-state index contributed by atoms with van der Waals surface area (Å²) in [4.78, 5) is 41.4. The lowest BCUT2D eigenvalue weighted by Gasteiger charge is -2.27. The van der Waals surface area contributed by atoms with Gasteiger partial charge in [0.15, 0.2) is 11.5 Å². The Bertz CT molecular complexity index is 1230. The number of hydrogen-bond donors (Lipinski definition) is 1. The average Bonchev–Trinajstić information content (AvgIpc) is 3.07. The smallest absolute Gasteiger partial charge is 0.308 e. The second-order valence-corrected chi connectivity index (χ2v) is 9.45. The molecule has 1 aliphatic heterocycles. The first-order valence-electron chi connectivity index (χ1n) is 12.0. The van der Waals surface area contributed by atoms with E-state index in [0.29, 0.717) is 29.2 Å². The van der Waals surface area contributed by atoms with Gasteiger partial charge in [-0.3, -0.25) is 14.4 Å². The molecule has 3 rings (SSSR count). The van der Waals surface area contributed by atoms with Crippen LogP contribution in [0.15, 0.2) is 42.0 Å². The van der Waals surface area contributed by atoms with E-state index in [1.54, 1.807) is 36.4 Å². The molecule has 1 saturated heterocycles. The molecule has 0 aromatic heterocycles. The van der Waals surface area contributed by atoms with Crippen LogP contribution in [-0.2, 0) is 14.4 Å². The van der Waals surface area contributed by atoms with Crippen molar-refractivity contribution in [2.75, 3.05) is 34.3 Å². The normalized spacial score (nSPS) is 17.0. The van der Waals surface area contributed by atoms with Gasteiger partial charge in [-0.2, -0.15) is 0 Å². The number of Topliss-reactive ketones (excluding diaryl/α,β-unsaturated/α-hetero) is 1. The van der Waals surface area contributed by atoms with Crippen LogP contribution in [0.25, 0.3) is 5.76 Å². The van der Waals surface area contributed by atoms with Crippen LogP contribution in [0.5, 0.6) is 17.2 Å². The number of hydrogen-bond acceptors (Lipinski definition) is 8. The molecule has 2 aromatic carbocycles. The summed E-state index contributed by atoms with van der Waals surface area (Å²) in [6.45, 7) is 7.69. The quantitative estimate of drug-likeness (QED) is 0.179. The number of methoxy groups -OCH3 is 1. The Labute approximate surface area is 217 Å². The van der Waals surface area contributed by atoms with Crippen molar-refractivity contribution < 1.29 is 33.7 Å². The number of rotatable bonds is 9. The first-order valence-corrected chi connectivity index (χ1v) is 12.0. The number of ether oxygens (including phenoxy) is 3. The Morgan fingerprint density at radius 1 is 1.08 bits per heavy atom. The second kappa shape index (κ2) is 11.5. The third kappa shape index (κ3) is 6.11. The van der Waals surface area contributed by atoms with Gasteiger partial charge in [0.05, 0.1) is 24.8 Å². The molecule has 9 nitrogen and oxygen atoms in total. The largest absolute Gasteiger partial charge is 0.507 e. The number of likely N-dealkylation sites (N-methyl/N-ethyl adjacent to an activating group) is 1. The van der Waals surface area contributed by atoms with Crippen LogP contribution < -0.4 is 14.2 Å². The van der Waals surface area contributed by atoms with Gasteiger partial charge in [-0.25, -0.2) is 0 Å². The fraction of sp³-hybridized carbons (Fsp3) is 0.393. The Hall–Kier alpha value is -3.85. The third-order valence-corrected chi connectivity index (χ3v) is 5.90. The lowest BCUT2D eigenvalue weighted by molar-refractivity contribution is -0.140. The summed E-state index contributed by atoms with van der Waals surface area (Å²) < 4.78 is 16.4. The van der Waals surface area contributed by atoms with Crippen molar-refractivity contribution in [3.05, 3.63) is 58.7 Å². The van der Waals surface area contributed by atoms with Gasteiger partial charge in [0.1, 0.15) is 11.5 Å². The zero-order valence-corrected chi connectivity index (χ0v) is 22.3. The predicted octanol–water partition coefficient (Wildman–Crippen LogP) is 3.70. The number of aliphatic hydroxyl groups is 1. The zero-order valence-electron chi connectivity index (χ0n) is 22.3. The Balaban J connectivity index is 2.18. The molecule has 0 bridgehead atoms. The van der Waals surface area contributed by atoms with E-state index in [0.717, 1.165) is 5.56 Å². The highest BCUT2D eigenvalue weighted by Gasteiger charge is 2.46. The molecule has 1 heterocycles. The average molecular weight is 511 g/mol. The molecule has 198 valence electrons. The first-order chi connectivity index (χ1) is 17.4. The number of amides is 1. The SMILES string of the molecule is COc1ccc(C2/C(=C(/O)c3ccc(OC(C)C)c(C)c3)C(=O)C(=O)N2CCN(C)C)cc1OC(C)=O. The molecule has 0 saturated carbocycles. The van der Waals surface area contributed by atoms with Crippen LogP contribution in [-0.4, -0.2) is 73.0 Å². The summed E-state index contributed by atoms with van der Waals surface area (Å²) in [5, 5.41) is 11.4. The standard InChI is InChI=1S/C28H34N2O7/c1-16(2)36-21-10-9-20(14-17(21)3)26(32)24-25(30(13-12-29(5)6)28(34)27(24)33)19-8-11-22(35-7)23(15-19)37-18(4)31/h8-11,14-16,25,32H,12-13H2,1-7H3/b26-24-. The number of nitrogens with zero attached hydrogens (tertiary/aromatic N) is 2. The predicted molar refractivity (Wildman–Crippen MR) is 139 cm³/mol. The maximum atomic E-state index is 13.3. The minimum atomic E-state index is -0.896. The monoisotopic (exact) mass is 510 g/mol. The maximum Gasteiger partial charge on any atom is 0.308 e. The molecule has 9 heteroatoms. The van der Waals surface area contributed by atoms with Gasteiger partial charge in [-0.05, 0) is 76.3 Å². The third-order valence-electron chi connectivity index (χ3n) is 5.90. The first kappa shape index (κ1) is 27.7.